The van der Waals surface area contributed by atoms with Crippen molar-refractivity contribution in [1.82, 2.24) is 10.2 Å². The van der Waals surface area contributed by atoms with Crippen LogP contribution < -0.4 is 10.1 Å². The van der Waals surface area contributed by atoms with E-state index in [1.807, 2.05) is 6.07 Å². The molecule has 0 radical (unpaired) electrons. The van der Waals surface area contributed by atoms with Gasteiger partial charge in [0.1, 0.15) is 17.5 Å². The number of anilines is 1. The third-order valence-electron chi connectivity index (χ3n) is 2.22. The van der Waals surface area contributed by atoms with E-state index in [2.05, 4.69) is 15.5 Å². The smallest absolute Gasteiger partial charge is 0.263 e. The van der Waals surface area contributed by atoms with Crippen LogP contribution in [-0.2, 0) is 4.79 Å². The van der Waals surface area contributed by atoms with Crippen molar-refractivity contribution in [3.05, 3.63) is 41.8 Å². The number of halogens is 1. The Hall–Kier alpha value is -2.88. The van der Waals surface area contributed by atoms with Crippen molar-refractivity contribution in [2.75, 3.05) is 11.9 Å². The average molecular weight is 260 g/mol. The van der Waals surface area contributed by atoms with E-state index in [-0.39, 0.29) is 23.7 Å². The number of hydrogen-bond acceptors (Lipinski definition) is 4. The van der Waals surface area contributed by atoms with Crippen LogP contribution in [0.2, 0.25) is 0 Å². The van der Waals surface area contributed by atoms with Crippen molar-refractivity contribution < 1.29 is 13.9 Å². The number of aromatic amines is 1. The van der Waals surface area contributed by atoms with Gasteiger partial charge < -0.3 is 10.1 Å². The SMILES string of the molecule is N#Cc1cn[nH]c1NC(=O)COc1ccccc1F. The summed E-state index contributed by atoms with van der Waals surface area (Å²) in [6.07, 6.45) is 1.29. The summed E-state index contributed by atoms with van der Waals surface area (Å²) in [5.74, 6) is -0.897. The lowest BCUT2D eigenvalue weighted by molar-refractivity contribution is -0.118. The maximum Gasteiger partial charge on any atom is 0.263 e. The number of benzene rings is 1. The highest BCUT2D eigenvalue weighted by Crippen LogP contribution is 2.15. The van der Waals surface area contributed by atoms with Crippen molar-refractivity contribution >= 4 is 11.7 Å². The van der Waals surface area contributed by atoms with Crippen molar-refractivity contribution in [3.63, 3.8) is 0 Å². The van der Waals surface area contributed by atoms with E-state index in [1.165, 1.54) is 24.4 Å². The molecule has 0 fully saturated rings. The second-order valence-corrected chi connectivity index (χ2v) is 3.54. The number of para-hydroxylation sites is 1. The van der Waals surface area contributed by atoms with Crippen LogP contribution in [0.3, 0.4) is 0 Å². The van der Waals surface area contributed by atoms with Gasteiger partial charge in [-0.15, -0.1) is 0 Å². The number of ether oxygens (including phenoxy) is 1. The van der Waals surface area contributed by atoms with Crippen molar-refractivity contribution in [3.8, 4) is 11.8 Å². The molecule has 96 valence electrons. The Morgan fingerprint density at radius 2 is 2.32 bits per heavy atom. The molecular formula is C12H9FN4O2. The molecule has 2 N–H and O–H groups in total. The van der Waals surface area contributed by atoms with Gasteiger partial charge in [-0.2, -0.15) is 10.4 Å². The zero-order valence-corrected chi connectivity index (χ0v) is 9.68. The van der Waals surface area contributed by atoms with E-state index in [4.69, 9.17) is 10.00 Å². The van der Waals surface area contributed by atoms with E-state index < -0.39 is 11.7 Å². The van der Waals surface area contributed by atoms with Gasteiger partial charge in [-0.25, -0.2) is 4.39 Å². The maximum absolute atomic E-state index is 13.2. The first-order valence-electron chi connectivity index (χ1n) is 5.31. The summed E-state index contributed by atoms with van der Waals surface area (Å²) >= 11 is 0. The molecule has 1 aromatic heterocycles. The lowest BCUT2D eigenvalue weighted by atomic mass is 10.3. The van der Waals surface area contributed by atoms with Gasteiger partial charge in [0.2, 0.25) is 0 Å². The third kappa shape index (κ3) is 3.07. The summed E-state index contributed by atoms with van der Waals surface area (Å²) in [5, 5.41) is 17.2. The van der Waals surface area contributed by atoms with E-state index in [1.54, 1.807) is 6.07 Å². The molecule has 6 nitrogen and oxygen atoms in total. The van der Waals surface area contributed by atoms with Gasteiger partial charge in [0.25, 0.3) is 5.91 Å². The van der Waals surface area contributed by atoms with Crippen LogP contribution in [-0.4, -0.2) is 22.7 Å². The standard InChI is InChI=1S/C12H9FN4O2/c13-9-3-1-2-4-10(9)19-7-11(18)16-12-8(5-14)6-15-17-12/h1-4,6H,7H2,(H2,15,16,17,18). The van der Waals surface area contributed by atoms with Crippen LogP contribution in [0.4, 0.5) is 10.2 Å². The molecule has 0 spiro atoms. The molecule has 0 aliphatic carbocycles. The van der Waals surface area contributed by atoms with Gasteiger partial charge in [-0.3, -0.25) is 9.89 Å². The Morgan fingerprint density at radius 1 is 1.53 bits per heavy atom. The lowest BCUT2D eigenvalue weighted by Gasteiger charge is -2.06. The highest BCUT2D eigenvalue weighted by molar-refractivity contribution is 5.92. The second kappa shape index (κ2) is 5.64. The summed E-state index contributed by atoms with van der Waals surface area (Å²) in [4.78, 5) is 11.5. The predicted octanol–water partition coefficient (Wildman–Crippen LogP) is 1.44. The third-order valence-corrected chi connectivity index (χ3v) is 2.22. The van der Waals surface area contributed by atoms with E-state index in [9.17, 15) is 9.18 Å². The molecule has 2 rings (SSSR count). The zero-order valence-electron chi connectivity index (χ0n) is 9.68. The first-order valence-corrected chi connectivity index (χ1v) is 5.31. The lowest BCUT2D eigenvalue weighted by Crippen LogP contribution is -2.21. The Morgan fingerprint density at radius 3 is 3.05 bits per heavy atom. The molecule has 0 atom stereocenters. The largest absolute Gasteiger partial charge is 0.481 e. The molecule has 0 saturated carbocycles. The number of nitriles is 1. The van der Waals surface area contributed by atoms with E-state index >= 15 is 0 Å². The molecule has 7 heteroatoms. The van der Waals surface area contributed by atoms with Crippen LogP contribution >= 0.6 is 0 Å². The molecule has 19 heavy (non-hydrogen) atoms. The first-order chi connectivity index (χ1) is 9.20. The Balaban J connectivity index is 1.93. The first kappa shape index (κ1) is 12.6. The average Bonchev–Trinajstić information content (AvgIpc) is 2.85. The van der Waals surface area contributed by atoms with Crippen LogP contribution in [0.1, 0.15) is 5.56 Å². The Bertz CT molecular complexity index is 633. The second-order valence-electron chi connectivity index (χ2n) is 3.54. The van der Waals surface area contributed by atoms with E-state index in [0.29, 0.717) is 0 Å². The topological polar surface area (TPSA) is 90.8 Å². The molecule has 1 amide bonds. The summed E-state index contributed by atoms with van der Waals surface area (Å²) < 4.78 is 18.2. The van der Waals surface area contributed by atoms with Gasteiger partial charge in [0, 0.05) is 0 Å². The minimum atomic E-state index is -0.547. The van der Waals surface area contributed by atoms with Gasteiger partial charge in [-0.1, -0.05) is 12.1 Å². The van der Waals surface area contributed by atoms with Crippen LogP contribution in [0.5, 0.6) is 5.75 Å². The predicted molar refractivity (Wildman–Crippen MR) is 63.8 cm³/mol. The number of carbonyl (C=O) groups excluding carboxylic acids is 1. The summed E-state index contributed by atoms with van der Waals surface area (Å²) in [6.45, 7) is -0.370. The van der Waals surface area contributed by atoms with Crippen molar-refractivity contribution in [1.29, 1.82) is 5.26 Å². The van der Waals surface area contributed by atoms with Crippen LogP contribution in [0, 0.1) is 17.1 Å². The molecule has 0 bridgehead atoms. The Labute approximate surface area is 107 Å². The summed E-state index contributed by atoms with van der Waals surface area (Å²) in [5.41, 5.74) is 0.208. The Kier molecular flexibility index (Phi) is 3.73. The van der Waals surface area contributed by atoms with E-state index in [0.717, 1.165) is 0 Å². The summed E-state index contributed by atoms with van der Waals surface area (Å²) in [6, 6.07) is 7.62. The molecule has 0 aliphatic rings. The molecule has 0 unspecified atom stereocenters. The highest BCUT2D eigenvalue weighted by Gasteiger charge is 2.10. The number of aromatic nitrogens is 2. The number of nitrogens with one attached hydrogen (secondary N) is 2. The fraction of sp³-hybridized carbons (Fsp3) is 0.0833. The molecular weight excluding hydrogens is 251 g/mol. The normalized spacial score (nSPS) is 9.68. The number of rotatable bonds is 4. The molecule has 1 heterocycles. The number of carbonyl (C=O) groups is 1. The molecule has 0 saturated heterocycles. The minimum Gasteiger partial charge on any atom is -0.481 e. The minimum absolute atomic E-state index is 0.0113. The number of amides is 1. The fourth-order valence-electron chi connectivity index (χ4n) is 1.35. The summed E-state index contributed by atoms with van der Waals surface area (Å²) in [7, 11) is 0. The number of nitrogens with zero attached hydrogens (tertiary/aromatic N) is 2. The maximum atomic E-state index is 13.2. The fourth-order valence-corrected chi connectivity index (χ4v) is 1.35. The van der Waals surface area contributed by atoms with Crippen LogP contribution in [0.25, 0.3) is 0 Å². The quantitative estimate of drug-likeness (QED) is 0.870. The number of hydrogen-bond donors (Lipinski definition) is 2. The van der Waals surface area contributed by atoms with Crippen LogP contribution in [0.15, 0.2) is 30.5 Å². The highest BCUT2D eigenvalue weighted by atomic mass is 19.1. The monoisotopic (exact) mass is 260 g/mol. The van der Waals surface area contributed by atoms with Gasteiger partial charge in [-0.05, 0) is 12.1 Å². The zero-order chi connectivity index (χ0) is 13.7. The molecule has 0 aliphatic heterocycles. The number of H-pyrrole nitrogens is 1. The van der Waals surface area contributed by atoms with Gasteiger partial charge in [0.15, 0.2) is 18.2 Å². The van der Waals surface area contributed by atoms with Crippen molar-refractivity contribution in [2.24, 2.45) is 0 Å². The molecule has 1 aromatic carbocycles. The van der Waals surface area contributed by atoms with Gasteiger partial charge >= 0.3 is 0 Å². The van der Waals surface area contributed by atoms with Gasteiger partial charge in [0.05, 0.1) is 6.20 Å². The van der Waals surface area contributed by atoms with Crippen molar-refractivity contribution in [2.45, 2.75) is 0 Å². The molecule has 2 aromatic rings.